The minimum Gasteiger partial charge on any atom is -0.383 e. The van der Waals surface area contributed by atoms with Crippen LogP contribution in [-0.2, 0) is 0 Å². The SMILES string of the molecule is CNc1cc(C(=O)NCC(F)(F)F)ccc1[N+](=O)[O-]. The van der Waals surface area contributed by atoms with Crippen molar-refractivity contribution in [3.63, 3.8) is 0 Å². The van der Waals surface area contributed by atoms with Crippen molar-refractivity contribution < 1.29 is 22.9 Å². The van der Waals surface area contributed by atoms with E-state index in [0.717, 1.165) is 18.2 Å². The van der Waals surface area contributed by atoms with Gasteiger partial charge in [-0.2, -0.15) is 13.2 Å². The van der Waals surface area contributed by atoms with Gasteiger partial charge in [0.1, 0.15) is 12.2 Å². The highest BCUT2D eigenvalue weighted by Gasteiger charge is 2.28. The van der Waals surface area contributed by atoms with E-state index in [2.05, 4.69) is 5.32 Å². The molecule has 1 aromatic carbocycles. The number of alkyl halides is 3. The lowest BCUT2D eigenvalue weighted by molar-refractivity contribution is -0.383. The highest BCUT2D eigenvalue weighted by atomic mass is 19.4. The molecule has 0 unspecified atom stereocenters. The van der Waals surface area contributed by atoms with Gasteiger partial charge >= 0.3 is 6.18 Å². The van der Waals surface area contributed by atoms with Crippen molar-refractivity contribution in [3.05, 3.63) is 33.9 Å². The van der Waals surface area contributed by atoms with Gasteiger partial charge in [0, 0.05) is 18.7 Å². The van der Waals surface area contributed by atoms with Gasteiger partial charge in [-0.15, -0.1) is 0 Å². The highest BCUT2D eigenvalue weighted by molar-refractivity contribution is 5.95. The van der Waals surface area contributed by atoms with Crippen LogP contribution in [0.4, 0.5) is 24.5 Å². The molecule has 0 aliphatic heterocycles. The van der Waals surface area contributed by atoms with Gasteiger partial charge in [0.25, 0.3) is 11.6 Å². The smallest absolute Gasteiger partial charge is 0.383 e. The predicted octanol–water partition coefficient (Wildman–Crippen LogP) is 1.93. The molecular weight excluding hydrogens is 267 g/mol. The lowest BCUT2D eigenvalue weighted by Crippen LogP contribution is -2.33. The van der Waals surface area contributed by atoms with E-state index in [-0.39, 0.29) is 16.9 Å². The van der Waals surface area contributed by atoms with Crippen molar-refractivity contribution >= 4 is 17.3 Å². The molecule has 2 N–H and O–H groups in total. The molecule has 6 nitrogen and oxygen atoms in total. The normalized spacial score (nSPS) is 10.9. The molecule has 0 aliphatic rings. The van der Waals surface area contributed by atoms with Crippen LogP contribution in [0, 0.1) is 10.1 Å². The third-order valence-corrected chi connectivity index (χ3v) is 2.17. The first-order chi connectivity index (χ1) is 8.74. The van der Waals surface area contributed by atoms with Crippen LogP contribution in [0.2, 0.25) is 0 Å². The highest BCUT2D eigenvalue weighted by Crippen LogP contribution is 2.25. The molecule has 1 rings (SSSR count). The second-order valence-electron chi connectivity index (χ2n) is 3.54. The fourth-order valence-electron chi connectivity index (χ4n) is 1.32. The molecule has 0 spiro atoms. The molecular formula is C10H10F3N3O3. The first-order valence-corrected chi connectivity index (χ1v) is 5.05. The summed E-state index contributed by atoms with van der Waals surface area (Å²) in [6, 6.07) is 3.25. The number of nitro groups is 1. The van der Waals surface area contributed by atoms with Crippen LogP contribution < -0.4 is 10.6 Å². The first-order valence-electron chi connectivity index (χ1n) is 5.05. The Balaban J connectivity index is 2.90. The molecule has 0 aromatic heterocycles. The van der Waals surface area contributed by atoms with Crippen LogP contribution in [0.3, 0.4) is 0 Å². The standard InChI is InChI=1S/C10H10F3N3O3/c1-14-7-4-6(2-3-8(7)16(18)19)9(17)15-5-10(11,12)13/h2-4,14H,5H2,1H3,(H,15,17). The summed E-state index contributed by atoms with van der Waals surface area (Å²) in [6.45, 7) is -1.46. The van der Waals surface area contributed by atoms with E-state index in [1.165, 1.54) is 7.05 Å². The zero-order chi connectivity index (χ0) is 14.6. The fourth-order valence-corrected chi connectivity index (χ4v) is 1.32. The Morgan fingerprint density at radius 2 is 2.05 bits per heavy atom. The Kier molecular flexibility index (Phi) is 4.30. The van der Waals surface area contributed by atoms with E-state index in [1.54, 1.807) is 5.32 Å². The third kappa shape index (κ3) is 4.12. The number of amides is 1. The van der Waals surface area contributed by atoms with Crippen molar-refractivity contribution in [2.45, 2.75) is 6.18 Å². The number of nitrogens with zero attached hydrogens (tertiary/aromatic N) is 1. The molecule has 104 valence electrons. The van der Waals surface area contributed by atoms with Gasteiger partial charge in [0.2, 0.25) is 0 Å². The minimum atomic E-state index is -4.51. The van der Waals surface area contributed by atoms with Gasteiger partial charge in [0.05, 0.1) is 4.92 Å². The number of hydrogen-bond donors (Lipinski definition) is 2. The first kappa shape index (κ1) is 14.7. The van der Waals surface area contributed by atoms with E-state index in [4.69, 9.17) is 0 Å². The molecule has 19 heavy (non-hydrogen) atoms. The van der Waals surface area contributed by atoms with E-state index in [1.807, 2.05) is 0 Å². The number of anilines is 1. The number of benzene rings is 1. The molecule has 0 bridgehead atoms. The van der Waals surface area contributed by atoms with E-state index < -0.39 is 23.6 Å². The van der Waals surface area contributed by atoms with Crippen molar-refractivity contribution in [3.8, 4) is 0 Å². The zero-order valence-corrected chi connectivity index (χ0v) is 9.75. The second-order valence-corrected chi connectivity index (χ2v) is 3.54. The molecule has 1 amide bonds. The summed E-state index contributed by atoms with van der Waals surface area (Å²) in [7, 11) is 1.40. The predicted molar refractivity (Wildman–Crippen MR) is 61.0 cm³/mol. The average Bonchev–Trinajstić information content (AvgIpc) is 2.34. The fraction of sp³-hybridized carbons (Fsp3) is 0.300. The summed E-state index contributed by atoms with van der Waals surface area (Å²) < 4.78 is 35.8. The molecule has 0 fully saturated rings. The van der Waals surface area contributed by atoms with Crippen molar-refractivity contribution in [2.75, 3.05) is 18.9 Å². The van der Waals surface area contributed by atoms with Crippen molar-refractivity contribution in [1.29, 1.82) is 0 Å². The Bertz CT molecular complexity index is 503. The van der Waals surface area contributed by atoms with Crippen LogP contribution >= 0.6 is 0 Å². The van der Waals surface area contributed by atoms with E-state index in [0.29, 0.717) is 0 Å². The molecule has 0 heterocycles. The summed E-state index contributed by atoms with van der Waals surface area (Å²) in [5.41, 5.74) is -0.321. The quantitative estimate of drug-likeness (QED) is 0.650. The largest absolute Gasteiger partial charge is 0.405 e. The topological polar surface area (TPSA) is 84.3 Å². The van der Waals surface area contributed by atoms with Gasteiger partial charge < -0.3 is 10.6 Å². The monoisotopic (exact) mass is 277 g/mol. The maximum absolute atomic E-state index is 11.9. The number of rotatable bonds is 4. The molecule has 9 heteroatoms. The number of nitro benzene ring substituents is 1. The van der Waals surface area contributed by atoms with Crippen LogP contribution in [0.15, 0.2) is 18.2 Å². The number of carbonyl (C=O) groups is 1. The van der Waals surface area contributed by atoms with Gasteiger partial charge in [0.15, 0.2) is 0 Å². The average molecular weight is 277 g/mol. The summed E-state index contributed by atoms with van der Waals surface area (Å²) in [4.78, 5) is 21.4. The molecule has 0 radical (unpaired) electrons. The van der Waals surface area contributed by atoms with Crippen LogP contribution in [0.5, 0.6) is 0 Å². The summed E-state index contributed by atoms with van der Waals surface area (Å²) in [5.74, 6) is -0.955. The Labute approximate surface area is 105 Å². The number of carbonyl (C=O) groups excluding carboxylic acids is 1. The maximum atomic E-state index is 11.9. The Morgan fingerprint density at radius 3 is 2.53 bits per heavy atom. The summed E-state index contributed by atoms with van der Waals surface area (Å²) in [5, 5.41) is 14.8. The maximum Gasteiger partial charge on any atom is 0.405 e. The van der Waals surface area contributed by atoms with Crippen molar-refractivity contribution in [2.24, 2.45) is 0 Å². The van der Waals surface area contributed by atoms with Gasteiger partial charge in [-0.05, 0) is 12.1 Å². The lowest BCUT2D eigenvalue weighted by Gasteiger charge is -2.09. The van der Waals surface area contributed by atoms with Crippen molar-refractivity contribution in [1.82, 2.24) is 5.32 Å². The van der Waals surface area contributed by atoms with Crippen LogP contribution in [-0.4, -0.2) is 30.6 Å². The minimum absolute atomic E-state index is 0.0460. The third-order valence-electron chi connectivity index (χ3n) is 2.17. The van der Waals surface area contributed by atoms with E-state index in [9.17, 15) is 28.1 Å². The number of halogens is 3. The Morgan fingerprint density at radius 1 is 1.42 bits per heavy atom. The van der Waals surface area contributed by atoms with Crippen LogP contribution in [0.1, 0.15) is 10.4 Å². The lowest BCUT2D eigenvalue weighted by atomic mass is 10.1. The molecule has 0 saturated carbocycles. The van der Waals surface area contributed by atoms with Gasteiger partial charge in [-0.1, -0.05) is 0 Å². The Hall–Kier alpha value is -2.32. The summed E-state index contributed by atoms with van der Waals surface area (Å²) in [6.07, 6.45) is -4.51. The second kappa shape index (κ2) is 5.55. The van der Waals surface area contributed by atoms with E-state index >= 15 is 0 Å². The zero-order valence-electron chi connectivity index (χ0n) is 9.75. The molecule has 1 aromatic rings. The number of nitrogens with one attached hydrogen (secondary N) is 2. The molecule has 0 atom stereocenters. The molecule has 0 aliphatic carbocycles. The number of hydrogen-bond acceptors (Lipinski definition) is 4. The summed E-state index contributed by atoms with van der Waals surface area (Å²) >= 11 is 0. The van der Waals surface area contributed by atoms with Gasteiger partial charge in [-0.3, -0.25) is 14.9 Å². The van der Waals surface area contributed by atoms with Crippen LogP contribution in [0.25, 0.3) is 0 Å². The molecule has 0 saturated heterocycles. The van der Waals surface area contributed by atoms with Gasteiger partial charge in [-0.25, -0.2) is 0 Å².